The first kappa shape index (κ1) is 13.7. The summed E-state index contributed by atoms with van der Waals surface area (Å²) in [6, 6.07) is 9.38. The Hall–Kier alpha value is -1.39. The van der Waals surface area contributed by atoms with Gasteiger partial charge in [-0.1, -0.05) is 18.2 Å². The molecule has 0 spiro atoms. The number of carbonyl (C=O) groups excluding carboxylic acids is 1. The molecule has 0 aromatic heterocycles. The largest absolute Gasteiger partial charge is 0.393 e. The highest BCUT2D eigenvalue weighted by atomic mass is 16.3. The number of likely N-dealkylation sites (N-methyl/N-ethyl adjacent to an activating group) is 1. The van der Waals surface area contributed by atoms with Gasteiger partial charge in [-0.15, -0.1) is 0 Å². The number of aliphatic hydroxyl groups excluding tert-OH is 1. The molecule has 0 fully saturated rings. The molecule has 0 aliphatic heterocycles. The van der Waals surface area contributed by atoms with E-state index < -0.39 is 0 Å². The average Bonchev–Trinajstić information content (AvgIpc) is 2.27. The van der Waals surface area contributed by atoms with Gasteiger partial charge in [-0.3, -0.25) is 9.69 Å². The summed E-state index contributed by atoms with van der Waals surface area (Å²) in [7, 11) is 1.87. The first-order valence-electron chi connectivity index (χ1n) is 5.79. The van der Waals surface area contributed by atoms with Gasteiger partial charge in [0.1, 0.15) is 0 Å². The van der Waals surface area contributed by atoms with Gasteiger partial charge >= 0.3 is 0 Å². The summed E-state index contributed by atoms with van der Waals surface area (Å²) in [6.07, 6.45) is 0.351. The molecule has 1 aromatic carbocycles. The lowest BCUT2D eigenvalue weighted by molar-refractivity contribution is -0.117. The van der Waals surface area contributed by atoms with Crippen LogP contribution < -0.4 is 5.32 Å². The fourth-order valence-electron chi connectivity index (χ4n) is 1.45. The van der Waals surface area contributed by atoms with Crippen LogP contribution >= 0.6 is 0 Å². The third-order valence-electron chi connectivity index (χ3n) is 2.40. The van der Waals surface area contributed by atoms with Gasteiger partial charge in [0, 0.05) is 12.2 Å². The van der Waals surface area contributed by atoms with E-state index in [1.165, 1.54) is 0 Å². The molecular formula is C13H20N2O2. The van der Waals surface area contributed by atoms with Crippen LogP contribution in [0.1, 0.15) is 13.3 Å². The van der Waals surface area contributed by atoms with Crippen molar-refractivity contribution in [3.8, 4) is 0 Å². The summed E-state index contributed by atoms with van der Waals surface area (Å²) in [6.45, 7) is 2.79. The summed E-state index contributed by atoms with van der Waals surface area (Å²) >= 11 is 0. The Morgan fingerprint density at radius 2 is 2.06 bits per heavy atom. The smallest absolute Gasteiger partial charge is 0.238 e. The number of benzene rings is 1. The number of aliphatic hydroxyl groups is 1. The fourth-order valence-corrected chi connectivity index (χ4v) is 1.45. The van der Waals surface area contributed by atoms with E-state index in [1.807, 2.05) is 42.3 Å². The lowest BCUT2D eigenvalue weighted by atomic mass is 10.3. The number of hydrogen-bond acceptors (Lipinski definition) is 3. The van der Waals surface area contributed by atoms with Crippen molar-refractivity contribution in [1.29, 1.82) is 0 Å². The van der Waals surface area contributed by atoms with Crippen LogP contribution in [0.2, 0.25) is 0 Å². The van der Waals surface area contributed by atoms with Crippen LogP contribution in [0.15, 0.2) is 30.3 Å². The van der Waals surface area contributed by atoms with Crippen LogP contribution in [-0.2, 0) is 4.79 Å². The second-order valence-corrected chi connectivity index (χ2v) is 4.29. The summed E-state index contributed by atoms with van der Waals surface area (Å²) in [4.78, 5) is 13.5. The van der Waals surface area contributed by atoms with Crippen molar-refractivity contribution in [2.24, 2.45) is 0 Å². The number of amides is 1. The van der Waals surface area contributed by atoms with Crippen molar-refractivity contribution in [1.82, 2.24) is 4.90 Å². The van der Waals surface area contributed by atoms with Gasteiger partial charge in [-0.05, 0) is 32.5 Å². The molecular weight excluding hydrogens is 216 g/mol. The highest BCUT2D eigenvalue weighted by Crippen LogP contribution is 2.04. The van der Waals surface area contributed by atoms with Gasteiger partial charge in [0.05, 0.1) is 12.6 Å². The molecule has 0 aliphatic rings. The average molecular weight is 236 g/mol. The number of nitrogens with zero attached hydrogens (tertiary/aromatic N) is 1. The van der Waals surface area contributed by atoms with Crippen molar-refractivity contribution in [2.75, 3.05) is 25.5 Å². The maximum Gasteiger partial charge on any atom is 0.238 e. The number of hydrogen-bond donors (Lipinski definition) is 2. The van der Waals surface area contributed by atoms with Gasteiger partial charge in [0.25, 0.3) is 0 Å². The van der Waals surface area contributed by atoms with Gasteiger partial charge in [-0.25, -0.2) is 0 Å². The maximum atomic E-state index is 11.7. The minimum absolute atomic E-state index is 0.0377. The Balaban J connectivity index is 2.29. The molecule has 94 valence electrons. The summed E-state index contributed by atoms with van der Waals surface area (Å²) in [5.74, 6) is -0.0377. The number of rotatable bonds is 6. The first-order chi connectivity index (χ1) is 8.08. The summed E-state index contributed by atoms with van der Waals surface area (Å²) in [5, 5.41) is 12.0. The minimum atomic E-state index is -0.324. The molecule has 0 saturated carbocycles. The number of carbonyl (C=O) groups is 1. The second-order valence-electron chi connectivity index (χ2n) is 4.29. The van der Waals surface area contributed by atoms with E-state index in [0.29, 0.717) is 19.5 Å². The maximum absolute atomic E-state index is 11.7. The Kier molecular flexibility index (Phi) is 5.66. The Bertz CT molecular complexity index is 339. The van der Waals surface area contributed by atoms with E-state index in [0.717, 1.165) is 5.69 Å². The van der Waals surface area contributed by atoms with E-state index >= 15 is 0 Å². The predicted octanol–water partition coefficient (Wildman–Crippen LogP) is 1.33. The van der Waals surface area contributed by atoms with Crippen LogP contribution in [-0.4, -0.2) is 42.2 Å². The van der Waals surface area contributed by atoms with Gasteiger partial charge < -0.3 is 10.4 Å². The van der Waals surface area contributed by atoms with Crippen molar-refractivity contribution < 1.29 is 9.90 Å². The Morgan fingerprint density at radius 1 is 1.41 bits per heavy atom. The van der Waals surface area contributed by atoms with E-state index in [2.05, 4.69) is 5.32 Å². The molecule has 4 nitrogen and oxygen atoms in total. The molecule has 1 aromatic rings. The standard InChI is InChI=1S/C13H20N2O2/c1-11(16)8-9-15(2)10-13(17)14-12-6-4-3-5-7-12/h3-7,11,16H,8-10H2,1-2H3,(H,14,17). The van der Waals surface area contributed by atoms with Crippen molar-refractivity contribution >= 4 is 11.6 Å². The second kappa shape index (κ2) is 7.04. The lowest BCUT2D eigenvalue weighted by Gasteiger charge is -2.16. The quantitative estimate of drug-likeness (QED) is 0.783. The van der Waals surface area contributed by atoms with E-state index in [-0.39, 0.29) is 12.0 Å². The third kappa shape index (κ3) is 6.04. The molecule has 0 radical (unpaired) electrons. The van der Waals surface area contributed by atoms with Gasteiger partial charge in [0.15, 0.2) is 0 Å². The molecule has 0 bridgehead atoms. The molecule has 0 saturated heterocycles. The van der Waals surface area contributed by atoms with Crippen molar-refractivity contribution in [2.45, 2.75) is 19.4 Å². The normalized spacial score (nSPS) is 12.5. The molecule has 1 unspecified atom stereocenters. The first-order valence-corrected chi connectivity index (χ1v) is 5.79. The Labute approximate surface area is 102 Å². The summed E-state index contributed by atoms with van der Waals surface area (Å²) < 4.78 is 0. The molecule has 1 amide bonds. The van der Waals surface area contributed by atoms with Crippen LogP contribution in [0.4, 0.5) is 5.69 Å². The van der Waals surface area contributed by atoms with E-state index in [1.54, 1.807) is 6.92 Å². The molecule has 4 heteroatoms. The molecule has 1 rings (SSSR count). The number of anilines is 1. The minimum Gasteiger partial charge on any atom is -0.393 e. The topological polar surface area (TPSA) is 52.6 Å². The van der Waals surface area contributed by atoms with Crippen molar-refractivity contribution in [3.63, 3.8) is 0 Å². The van der Waals surface area contributed by atoms with E-state index in [4.69, 9.17) is 5.11 Å². The number of nitrogens with one attached hydrogen (secondary N) is 1. The lowest BCUT2D eigenvalue weighted by Crippen LogP contribution is -2.31. The highest BCUT2D eigenvalue weighted by Gasteiger charge is 2.07. The van der Waals surface area contributed by atoms with Crippen LogP contribution in [0.25, 0.3) is 0 Å². The SMILES string of the molecule is CC(O)CCN(C)CC(=O)Nc1ccccc1. The van der Waals surface area contributed by atoms with Crippen molar-refractivity contribution in [3.05, 3.63) is 30.3 Å². The zero-order valence-electron chi connectivity index (χ0n) is 10.4. The van der Waals surface area contributed by atoms with Gasteiger partial charge in [-0.2, -0.15) is 0 Å². The van der Waals surface area contributed by atoms with Crippen LogP contribution in [0.3, 0.4) is 0 Å². The predicted molar refractivity (Wildman–Crippen MR) is 68.9 cm³/mol. The molecule has 2 N–H and O–H groups in total. The molecule has 0 aliphatic carbocycles. The highest BCUT2D eigenvalue weighted by molar-refractivity contribution is 5.92. The zero-order valence-corrected chi connectivity index (χ0v) is 10.4. The summed E-state index contributed by atoms with van der Waals surface area (Å²) in [5.41, 5.74) is 0.807. The van der Waals surface area contributed by atoms with Crippen LogP contribution in [0.5, 0.6) is 0 Å². The third-order valence-corrected chi connectivity index (χ3v) is 2.40. The molecule has 17 heavy (non-hydrogen) atoms. The monoisotopic (exact) mass is 236 g/mol. The number of para-hydroxylation sites is 1. The van der Waals surface area contributed by atoms with Gasteiger partial charge in [0.2, 0.25) is 5.91 Å². The zero-order chi connectivity index (χ0) is 12.7. The molecule has 0 heterocycles. The van der Waals surface area contributed by atoms with E-state index in [9.17, 15) is 4.79 Å². The Morgan fingerprint density at radius 3 is 2.65 bits per heavy atom. The van der Waals surface area contributed by atoms with Crippen LogP contribution in [0, 0.1) is 0 Å². The molecule has 1 atom stereocenters. The fraction of sp³-hybridized carbons (Fsp3) is 0.462.